The summed E-state index contributed by atoms with van der Waals surface area (Å²) >= 11 is 0. The lowest BCUT2D eigenvalue weighted by molar-refractivity contribution is -0.440. The van der Waals surface area contributed by atoms with Crippen molar-refractivity contribution in [2.45, 2.75) is 114 Å². The van der Waals surface area contributed by atoms with Gasteiger partial charge in [-0.2, -0.15) is 57.1 Å². The number of rotatable bonds is 11. The summed E-state index contributed by atoms with van der Waals surface area (Å²) in [5.74, 6) is -39.5. The summed E-state index contributed by atoms with van der Waals surface area (Å²) < 4.78 is 178. The lowest BCUT2D eigenvalue weighted by Crippen LogP contribution is -2.70. The van der Waals surface area contributed by atoms with Crippen molar-refractivity contribution >= 4 is 5.97 Å². The average molecular weight is 655 g/mol. The van der Waals surface area contributed by atoms with Gasteiger partial charge < -0.3 is 14.9 Å². The maximum absolute atomic E-state index is 14.2. The van der Waals surface area contributed by atoms with E-state index in [1.807, 2.05) is 0 Å². The first kappa shape index (κ1) is 38.6. The Morgan fingerprint density at radius 2 is 1.12 bits per heavy atom. The Bertz CT molecular complexity index is 1110. The monoisotopic (exact) mass is 654 g/mol. The zero-order valence-corrected chi connectivity index (χ0v) is 23.7. The third-order valence-electron chi connectivity index (χ3n) is 6.39. The van der Waals surface area contributed by atoms with E-state index >= 15 is 0 Å². The van der Waals surface area contributed by atoms with E-state index in [4.69, 9.17) is 0 Å². The van der Waals surface area contributed by atoms with Gasteiger partial charge in [0.05, 0.1) is 13.0 Å². The molecular weight excluding hydrogens is 623 g/mol. The molecule has 4 nitrogen and oxygen atoms in total. The Balaban J connectivity index is 3.21. The van der Waals surface area contributed by atoms with Gasteiger partial charge in [0.25, 0.3) is 0 Å². The van der Waals surface area contributed by atoms with E-state index in [2.05, 4.69) is 4.74 Å². The van der Waals surface area contributed by atoms with E-state index in [0.29, 0.717) is 16.7 Å². The van der Waals surface area contributed by atoms with Crippen molar-refractivity contribution in [2.24, 2.45) is 0 Å². The largest absolute Gasteiger partial charge is 0.507 e. The second-order valence-electron chi connectivity index (χ2n) is 12.0. The zero-order chi connectivity index (χ0) is 34.4. The minimum absolute atomic E-state index is 0.0368. The molecule has 17 heteroatoms. The topological polar surface area (TPSA) is 66.8 Å². The fourth-order valence-corrected chi connectivity index (χ4v) is 3.83. The Kier molecular flexibility index (Phi) is 10.6. The molecule has 0 amide bonds. The van der Waals surface area contributed by atoms with E-state index in [1.54, 1.807) is 41.5 Å². The van der Waals surface area contributed by atoms with Crippen LogP contribution in [0.25, 0.3) is 0 Å². The molecule has 0 aliphatic heterocycles. The van der Waals surface area contributed by atoms with E-state index in [0.717, 1.165) is 0 Å². The first-order valence-corrected chi connectivity index (χ1v) is 12.4. The van der Waals surface area contributed by atoms with Crippen LogP contribution < -0.4 is 0 Å². The summed E-state index contributed by atoms with van der Waals surface area (Å²) in [6.45, 7) is 8.79. The number of esters is 1. The van der Waals surface area contributed by atoms with Crippen LogP contribution in [0.4, 0.5) is 57.1 Å². The van der Waals surface area contributed by atoms with E-state index in [-0.39, 0.29) is 12.2 Å². The molecule has 0 aromatic heterocycles. The molecule has 1 aromatic carbocycles. The Labute approximate surface area is 238 Å². The van der Waals surface area contributed by atoms with E-state index < -0.39 is 78.1 Å². The molecule has 250 valence electrons. The number of hydrogen-bond acceptors (Lipinski definition) is 4. The summed E-state index contributed by atoms with van der Waals surface area (Å²) in [4.78, 5) is 12.2. The highest BCUT2D eigenvalue weighted by Gasteiger charge is 2.90. The highest BCUT2D eigenvalue weighted by molar-refractivity contribution is 5.70. The molecule has 0 aliphatic rings. The number of alkyl halides is 13. The number of carbonyl (C=O) groups excluding carboxylic acids is 1. The number of aliphatic hydroxyl groups is 1. The molecule has 1 rings (SSSR count). The van der Waals surface area contributed by atoms with Crippen LogP contribution >= 0.6 is 0 Å². The second kappa shape index (κ2) is 11.8. The Morgan fingerprint density at radius 3 is 1.47 bits per heavy atom. The average Bonchev–Trinajstić information content (AvgIpc) is 2.79. The fourth-order valence-electron chi connectivity index (χ4n) is 3.83. The van der Waals surface area contributed by atoms with Gasteiger partial charge in [-0.05, 0) is 33.9 Å². The maximum atomic E-state index is 14.2. The van der Waals surface area contributed by atoms with Gasteiger partial charge in [-0.1, -0.05) is 53.7 Å². The van der Waals surface area contributed by atoms with Crippen molar-refractivity contribution in [2.75, 3.05) is 6.61 Å². The number of aryl methyl sites for hydroxylation is 1. The Morgan fingerprint density at radius 1 is 0.721 bits per heavy atom. The molecule has 0 spiro atoms. The van der Waals surface area contributed by atoms with Crippen molar-refractivity contribution in [1.82, 2.24) is 0 Å². The minimum atomic E-state index is -8.06. The van der Waals surface area contributed by atoms with Crippen LogP contribution in [0.3, 0.4) is 0 Å². The van der Waals surface area contributed by atoms with E-state index in [1.165, 1.54) is 12.1 Å². The summed E-state index contributed by atoms with van der Waals surface area (Å²) in [6.07, 6.45) is -14.1. The number of phenolic OH excluding ortho intramolecular Hbond substituents is 1. The molecule has 1 aromatic rings. The van der Waals surface area contributed by atoms with Crippen molar-refractivity contribution in [1.29, 1.82) is 0 Å². The van der Waals surface area contributed by atoms with Gasteiger partial charge in [0.1, 0.15) is 11.9 Å². The molecule has 2 N–H and O–H groups in total. The van der Waals surface area contributed by atoms with Crippen LogP contribution in [0.5, 0.6) is 5.75 Å². The van der Waals surface area contributed by atoms with Gasteiger partial charge in [-0.3, -0.25) is 4.79 Å². The summed E-state index contributed by atoms with van der Waals surface area (Å²) in [5, 5.41) is 19.9. The molecule has 0 radical (unpaired) electrons. The lowest BCUT2D eigenvalue weighted by atomic mass is 9.78. The van der Waals surface area contributed by atoms with Gasteiger partial charge in [-0.15, -0.1) is 0 Å². The minimum Gasteiger partial charge on any atom is -0.507 e. The first-order valence-electron chi connectivity index (χ1n) is 12.4. The predicted octanol–water partition coefficient (Wildman–Crippen LogP) is 7.95. The van der Waals surface area contributed by atoms with Gasteiger partial charge in [0, 0.05) is 6.42 Å². The normalized spacial score (nSPS) is 15.4. The summed E-state index contributed by atoms with van der Waals surface area (Å²) in [6, 6.07) is 3.02. The highest BCUT2D eigenvalue weighted by Crippen LogP contribution is 2.60. The van der Waals surface area contributed by atoms with Crippen molar-refractivity contribution in [3.8, 4) is 5.75 Å². The molecule has 43 heavy (non-hydrogen) atoms. The summed E-state index contributed by atoms with van der Waals surface area (Å²) in [5.41, 5.74) is 0.0823. The molecule has 1 atom stereocenters. The molecule has 1 unspecified atom stereocenters. The molecule has 0 saturated heterocycles. The van der Waals surface area contributed by atoms with Crippen LogP contribution in [0.1, 0.15) is 71.1 Å². The molecule has 0 heterocycles. The van der Waals surface area contributed by atoms with Gasteiger partial charge in [0.15, 0.2) is 0 Å². The first-order chi connectivity index (χ1) is 18.8. The fraction of sp³-hybridized carbons (Fsp3) is 0.731. The maximum Gasteiger partial charge on any atom is 0.460 e. The number of hydrogen-bond donors (Lipinski definition) is 2. The van der Waals surface area contributed by atoms with Crippen molar-refractivity contribution < 1.29 is 76.8 Å². The lowest BCUT2D eigenvalue weighted by Gasteiger charge is -2.40. The molecule has 0 fully saturated rings. The van der Waals surface area contributed by atoms with E-state index in [9.17, 15) is 72.1 Å². The van der Waals surface area contributed by atoms with Gasteiger partial charge in [0.2, 0.25) is 0 Å². The molecular formula is C26H31F13O4. The number of halogens is 13. The van der Waals surface area contributed by atoms with Crippen LogP contribution in [0.2, 0.25) is 0 Å². The third kappa shape index (κ3) is 7.44. The number of carbonyl (C=O) groups is 1. The summed E-state index contributed by atoms with van der Waals surface area (Å²) in [7, 11) is 0. The number of benzene rings is 1. The highest BCUT2D eigenvalue weighted by atomic mass is 19.4. The molecule has 0 saturated carbocycles. The van der Waals surface area contributed by atoms with Crippen LogP contribution in [-0.2, 0) is 26.8 Å². The molecule has 0 bridgehead atoms. The smallest absolute Gasteiger partial charge is 0.460 e. The Hall–Kier alpha value is -2.46. The quantitative estimate of drug-likeness (QED) is 0.188. The predicted molar refractivity (Wildman–Crippen MR) is 126 cm³/mol. The van der Waals surface area contributed by atoms with Gasteiger partial charge >= 0.3 is 41.8 Å². The van der Waals surface area contributed by atoms with Crippen molar-refractivity contribution in [3.63, 3.8) is 0 Å². The number of phenols is 1. The van der Waals surface area contributed by atoms with Crippen LogP contribution in [0, 0.1) is 0 Å². The number of aliphatic hydroxyl groups excluding tert-OH is 1. The SMILES string of the molecule is CC(C)(C)c1cc(CCC(=O)OC(CO)CC(F)(F)C(F)(F)C(F)(F)C(F)(F)C(F)(F)C(F)(F)F)cc(C(C)(C)C)c1O. The third-order valence-corrected chi connectivity index (χ3v) is 6.39. The second-order valence-corrected chi connectivity index (χ2v) is 12.0. The van der Waals surface area contributed by atoms with Crippen LogP contribution in [0.15, 0.2) is 12.1 Å². The zero-order valence-electron chi connectivity index (χ0n) is 23.7. The standard InChI is InChI=1S/C26H31F13O4/c1-19(2,3)15-9-13(10-16(18(15)42)20(4,5)6)7-8-17(41)43-14(12-40)11-21(27,28)22(29,30)23(31,32)24(33,34)25(35,36)26(37,38)39/h9-10,14,40,42H,7-8,11-12H2,1-6H3. The number of aromatic hydroxyl groups is 1. The number of ether oxygens (including phenoxy) is 1. The van der Waals surface area contributed by atoms with Crippen molar-refractivity contribution in [3.05, 3.63) is 28.8 Å². The van der Waals surface area contributed by atoms with Crippen LogP contribution in [-0.4, -0.2) is 64.7 Å². The van der Waals surface area contributed by atoms with Gasteiger partial charge in [-0.25, -0.2) is 0 Å². The molecule has 0 aliphatic carbocycles.